The van der Waals surface area contributed by atoms with E-state index in [4.69, 9.17) is 49.6 Å². The van der Waals surface area contributed by atoms with E-state index in [0.29, 0.717) is 65.8 Å². The van der Waals surface area contributed by atoms with Crippen LogP contribution in [-0.4, -0.2) is 60.3 Å². The van der Waals surface area contributed by atoms with Crippen LogP contribution in [0.1, 0.15) is 29.3 Å². The molecular formula is C25H27Cl2N7O3. The van der Waals surface area contributed by atoms with E-state index in [1.54, 1.807) is 29.2 Å². The molecule has 0 unspecified atom stereocenters. The summed E-state index contributed by atoms with van der Waals surface area (Å²) in [6.07, 6.45) is 3.75. The van der Waals surface area contributed by atoms with E-state index in [1.807, 2.05) is 19.0 Å². The lowest BCUT2D eigenvalue weighted by Gasteiger charge is -2.29. The maximum absolute atomic E-state index is 12.9. The monoisotopic (exact) mass is 543 g/mol. The molecule has 0 saturated carbocycles. The van der Waals surface area contributed by atoms with Gasteiger partial charge in [-0.2, -0.15) is 0 Å². The van der Waals surface area contributed by atoms with Gasteiger partial charge in [0, 0.05) is 53.9 Å². The number of hydrogen-bond acceptors (Lipinski definition) is 9. The molecule has 10 nitrogen and oxygen atoms in total. The normalized spacial score (nSPS) is 13.6. The molecule has 12 heteroatoms. The minimum absolute atomic E-state index is 0.0407. The summed E-state index contributed by atoms with van der Waals surface area (Å²) < 4.78 is 11.5. The molecule has 0 fully saturated rings. The molecule has 3 heterocycles. The number of nitrogens with zero attached hydrogens (tertiary/aromatic N) is 4. The third-order valence-corrected chi connectivity index (χ3v) is 6.37. The second-order valence-corrected chi connectivity index (χ2v) is 9.49. The quantitative estimate of drug-likeness (QED) is 0.222. The van der Waals surface area contributed by atoms with Crippen molar-refractivity contribution in [3.8, 4) is 11.6 Å². The number of nitrogens with one attached hydrogen (secondary N) is 1. The first-order valence-corrected chi connectivity index (χ1v) is 12.2. The molecule has 1 aliphatic heterocycles. The zero-order valence-electron chi connectivity index (χ0n) is 20.4. The van der Waals surface area contributed by atoms with Crippen LogP contribution in [0.2, 0.25) is 10.0 Å². The Hall–Kier alpha value is -3.44. The average Bonchev–Trinajstić information content (AvgIpc) is 2.87. The lowest BCUT2D eigenvalue weighted by molar-refractivity contribution is -0.119. The van der Waals surface area contributed by atoms with Crippen LogP contribution in [0.25, 0.3) is 0 Å². The van der Waals surface area contributed by atoms with Gasteiger partial charge in [0.15, 0.2) is 6.23 Å². The first-order valence-electron chi connectivity index (χ1n) is 11.4. The lowest BCUT2D eigenvalue weighted by Crippen LogP contribution is -2.39. The van der Waals surface area contributed by atoms with E-state index >= 15 is 0 Å². The molecule has 1 amide bonds. The van der Waals surface area contributed by atoms with Gasteiger partial charge in [-0.05, 0) is 38.4 Å². The van der Waals surface area contributed by atoms with Gasteiger partial charge < -0.3 is 25.0 Å². The van der Waals surface area contributed by atoms with E-state index in [1.165, 1.54) is 18.6 Å². The van der Waals surface area contributed by atoms with Crippen molar-refractivity contribution in [1.82, 2.24) is 14.9 Å². The van der Waals surface area contributed by atoms with Crippen LogP contribution in [0.4, 0.5) is 11.4 Å². The fourth-order valence-electron chi connectivity index (χ4n) is 3.83. The van der Waals surface area contributed by atoms with Crippen molar-refractivity contribution in [1.29, 1.82) is 5.41 Å². The molecule has 0 saturated heterocycles. The molecule has 1 aliphatic rings. The summed E-state index contributed by atoms with van der Waals surface area (Å²) in [7, 11) is 3.83. The van der Waals surface area contributed by atoms with Crippen LogP contribution >= 0.6 is 23.2 Å². The van der Waals surface area contributed by atoms with Crippen molar-refractivity contribution in [2.45, 2.75) is 12.6 Å². The van der Waals surface area contributed by atoms with Crippen LogP contribution in [0.3, 0.4) is 0 Å². The number of rotatable bonds is 8. The van der Waals surface area contributed by atoms with Crippen molar-refractivity contribution in [2.75, 3.05) is 44.4 Å². The summed E-state index contributed by atoms with van der Waals surface area (Å²) in [5, 5.41) is 9.39. The Bertz CT molecular complexity index is 1320. The largest absolute Gasteiger partial charge is 0.474 e. The van der Waals surface area contributed by atoms with Gasteiger partial charge in [-0.1, -0.05) is 23.2 Å². The molecule has 37 heavy (non-hydrogen) atoms. The van der Waals surface area contributed by atoms with E-state index in [-0.39, 0.29) is 21.7 Å². The number of anilines is 2. The first kappa shape index (κ1) is 26.6. The highest BCUT2D eigenvalue weighted by molar-refractivity contribution is 6.35. The number of fused-ring (bicyclic) bond motifs is 1. The second kappa shape index (κ2) is 11.3. The number of carbonyl (C=O) groups is 1. The minimum atomic E-state index is -0.974. The second-order valence-electron chi connectivity index (χ2n) is 8.67. The molecule has 5 N–H and O–H groups in total. The SMILES string of the molecule is CN(C)CCC(=O)N1CCOc2ncc(C(=N)c3cc(O[C@H](N)c4c(Cl)cncc4Cl)ccc3N)cc21. The van der Waals surface area contributed by atoms with Crippen LogP contribution in [-0.2, 0) is 4.79 Å². The third kappa shape index (κ3) is 5.94. The van der Waals surface area contributed by atoms with Crippen LogP contribution in [0.15, 0.2) is 42.9 Å². The van der Waals surface area contributed by atoms with Gasteiger partial charge in [-0.3, -0.25) is 20.9 Å². The number of carbonyl (C=O) groups excluding carboxylic acids is 1. The summed E-state index contributed by atoms with van der Waals surface area (Å²) in [6.45, 7) is 1.37. The molecular weight excluding hydrogens is 517 g/mol. The van der Waals surface area contributed by atoms with Crippen LogP contribution in [0.5, 0.6) is 11.6 Å². The highest BCUT2D eigenvalue weighted by Gasteiger charge is 2.26. The van der Waals surface area contributed by atoms with Crippen molar-refractivity contribution in [2.24, 2.45) is 5.73 Å². The number of benzene rings is 1. The minimum Gasteiger partial charge on any atom is -0.474 e. The molecule has 0 aliphatic carbocycles. The van der Waals surface area contributed by atoms with Gasteiger partial charge in [0.2, 0.25) is 11.8 Å². The topological polar surface area (TPSA) is 144 Å². The fraction of sp³-hybridized carbons (Fsp3) is 0.280. The summed E-state index contributed by atoms with van der Waals surface area (Å²) in [6, 6.07) is 6.58. The molecule has 0 spiro atoms. The Morgan fingerprint density at radius 3 is 2.68 bits per heavy atom. The molecule has 194 valence electrons. The Morgan fingerprint density at radius 1 is 1.24 bits per heavy atom. The molecule has 0 radical (unpaired) electrons. The summed E-state index contributed by atoms with van der Waals surface area (Å²) in [4.78, 5) is 24.7. The zero-order chi connectivity index (χ0) is 26.7. The molecule has 2 aromatic heterocycles. The number of ether oxygens (including phenoxy) is 2. The highest BCUT2D eigenvalue weighted by Crippen LogP contribution is 2.34. The Balaban J connectivity index is 1.60. The van der Waals surface area contributed by atoms with Gasteiger partial charge in [-0.15, -0.1) is 0 Å². The van der Waals surface area contributed by atoms with Gasteiger partial charge in [-0.25, -0.2) is 4.98 Å². The molecule has 1 aromatic carbocycles. The number of hydrogen-bond donors (Lipinski definition) is 3. The van der Waals surface area contributed by atoms with Crippen molar-refractivity contribution in [3.05, 3.63) is 69.6 Å². The first-order chi connectivity index (χ1) is 17.7. The number of aromatic nitrogens is 2. The maximum Gasteiger partial charge on any atom is 0.238 e. The average molecular weight is 544 g/mol. The van der Waals surface area contributed by atoms with Crippen molar-refractivity contribution in [3.63, 3.8) is 0 Å². The van der Waals surface area contributed by atoms with Crippen LogP contribution in [0, 0.1) is 5.41 Å². The maximum atomic E-state index is 12.9. The standard InChI is InChI=1S/C25H27Cl2N7O3/c1-33(2)6-5-21(35)34-7-8-36-25-20(34)9-14(11-32-25)23(29)16-10-15(3-4-19(16)28)37-24(30)22-17(26)12-31-13-18(22)27/h3-4,9-13,24,29H,5-8,28,30H2,1-2H3/t24-/m0/s1. The smallest absolute Gasteiger partial charge is 0.238 e. The molecule has 3 aromatic rings. The summed E-state index contributed by atoms with van der Waals surface area (Å²) in [5.41, 5.74) is 14.6. The zero-order valence-corrected chi connectivity index (χ0v) is 21.9. The third-order valence-electron chi connectivity index (χ3n) is 5.77. The predicted octanol–water partition coefficient (Wildman–Crippen LogP) is 3.50. The fourth-order valence-corrected chi connectivity index (χ4v) is 4.41. The summed E-state index contributed by atoms with van der Waals surface area (Å²) in [5.74, 6) is 0.671. The Labute approximate surface area is 224 Å². The van der Waals surface area contributed by atoms with Crippen molar-refractivity contribution < 1.29 is 14.3 Å². The predicted molar refractivity (Wildman–Crippen MR) is 144 cm³/mol. The van der Waals surface area contributed by atoms with E-state index in [9.17, 15) is 4.79 Å². The van der Waals surface area contributed by atoms with Gasteiger partial charge in [0.25, 0.3) is 0 Å². The van der Waals surface area contributed by atoms with Gasteiger partial charge in [0.1, 0.15) is 18.0 Å². The Kier molecular flexibility index (Phi) is 8.13. The van der Waals surface area contributed by atoms with E-state index < -0.39 is 6.23 Å². The Morgan fingerprint density at radius 2 is 1.97 bits per heavy atom. The van der Waals surface area contributed by atoms with Crippen molar-refractivity contribution >= 4 is 46.2 Å². The number of nitrogen functional groups attached to an aromatic ring is 1. The lowest BCUT2D eigenvalue weighted by atomic mass is 10.0. The van der Waals surface area contributed by atoms with E-state index in [0.717, 1.165) is 0 Å². The summed E-state index contributed by atoms with van der Waals surface area (Å²) >= 11 is 12.4. The molecule has 1 atom stereocenters. The number of nitrogens with two attached hydrogens (primary N) is 2. The number of amides is 1. The molecule has 4 rings (SSSR count). The van der Waals surface area contributed by atoms with Crippen LogP contribution < -0.4 is 25.8 Å². The van der Waals surface area contributed by atoms with Gasteiger partial charge in [0.05, 0.1) is 22.3 Å². The molecule has 0 bridgehead atoms. The highest BCUT2D eigenvalue weighted by atomic mass is 35.5. The number of pyridine rings is 2. The van der Waals surface area contributed by atoms with Gasteiger partial charge >= 0.3 is 0 Å². The number of halogens is 2. The van der Waals surface area contributed by atoms with E-state index in [2.05, 4.69) is 9.97 Å².